The summed E-state index contributed by atoms with van der Waals surface area (Å²) in [5, 5.41) is 9.83. The van der Waals surface area contributed by atoms with Crippen molar-refractivity contribution in [2.75, 3.05) is 25.0 Å². The third-order valence-corrected chi connectivity index (χ3v) is 3.92. The van der Waals surface area contributed by atoms with Crippen LogP contribution in [-0.2, 0) is 4.79 Å². The number of aliphatic hydroxyl groups is 1. The van der Waals surface area contributed by atoms with Crippen LogP contribution in [0.4, 0.5) is 5.69 Å². The molecule has 0 aliphatic carbocycles. The third kappa shape index (κ3) is 3.12. The topological polar surface area (TPSA) is 43.8 Å². The minimum atomic E-state index is -1.30. The number of carbonyl (C=O) groups excluding carboxylic acids is 1. The summed E-state index contributed by atoms with van der Waals surface area (Å²) in [5.74, 6) is -0.214. The Hall–Kier alpha value is -1.55. The second-order valence-corrected chi connectivity index (χ2v) is 6.20. The van der Waals surface area contributed by atoms with E-state index >= 15 is 0 Å². The van der Waals surface area contributed by atoms with Crippen LogP contribution in [0.25, 0.3) is 0 Å². The number of aryl methyl sites for hydroxylation is 1. The van der Waals surface area contributed by atoms with Crippen molar-refractivity contribution in [2.45, 2.75) is 38.8 Å². The molecule has 20 heavy (non-hydrogen) atoms. The molecule has 110 valence electrons. The predicted octanol–water partition coefficient (Wildman–Crippen LogP) is 1.80. The summed E-state index contributed by atoms with van der Waals surface area (Å²) in [6, 6.07) is 8.58. The Morgan fingerprint density at radius 2 is 2.15 bits per heavy atom. The number of likely N-dealkylation sites (N-methyl/N-ethyl adjacent to an activating group) is 1. The number of nitrogens with zero attached hydrogens (tertiary/aromatic N) is 2. The molecule has 4 nitrogen and oxygen atoms in total. The normalized spacial score (nSPS) is 19.2. The van der Waals surface area contributed by atoms with Crippen LogP contribution in [-0.4, -0.2) is 47.7 Å². The molecule has 0 spiro atoms. The van der Waals surface area contributed by atoms with Crippen LogP contribution in [0.1, 0.15) is 25.8 Å². The number of anilines is 1. The molecule has 0 aromatic heterocycles. The van der Waals surface area contributed by atoms with Crippen molar-refractivity contribution in [3.63, 3.8) is 0 Å². The minimum absolute atomic E-state index is 0.162. The maximum absolute atomic E-state index is 12.1. The zero-order chi connectivity index (χ0) is 14.9. The minimum Gasteiger partial charge on any atom is -0.381 e. The summed E-state index contributed by atoms with van der Waals surface area (Å²) in [7, 11) is 1.78. The van der Waals surface area contributed by atoms with Gasteiger partial charge in [0.25, 0.3) is 5.91 Å². The quantitative estimate of drug-likeness (QED) is 0.915. The van der Waals surface area contributed by atoms with Crippen molar-refractivity contribution in [3.05, 3.63) is 29.8 Å². The molecule has 0 bridgehead atoms. The number of benzene rings is 1. The zero-order valence-corrected chi connectivity index (χ0v) is 12.8. The second kappa shape index (κ2) is 5.44. The van der Waals surface area contributed by atoms with Gasteiger partial charge in [0, 0.05) is 25.8 Å². The summed E-state index contributed by atoms with van der Waals surface area (Å²) < 4.78 is 0. The van der Waals surface area contributed by atoms with Crippen molar-refractivity contribution in [2.24, 2.45) is 0 Å². The van der Waals surface area contributed by atoms with Crippen LogP contribution < -0.4 is 4.90 Å². The second-order valence-electron chi connectivity index (χ2n) is 6.20. The van der Waals surface area contributed by atoms with E-state index in [4.69, 9.17) is 0 Å². The maximum atomic E-state index is 12.1. The molecule has 1 saturated heterocycles. The van der Waals surface area contributed by atoms with E-state index in [9.17, 15) is 9.90 Å². The lowest BCUT2D eigenvalue weighted by molar-refractivity contribution is -0.148. The lowest BCUT2D eigenvalue weighted by Gasteiger charge is -2.30. The van der Waals surface area contributed by atoms with Crippen LogP contribution in [0.2, 0.25) is 0 Å². The molecule has 4 heteroatoms. The van der Waals surface area contributed by atoms with Gasteiger partial charge < -0.3 is 14.9 Å². The molecule has 1 fully saturated rings. The van der Waals surface area contributed by atoms with Gasteiger partial charge in [-0.15, -0.1) is 0 Å². The van der Waals surface area contributed by atoms with Crippen molar-refractivity contribution in [3.8, 4) is 0 Å². The Kier molecular flexibility index (Phi) is 4.04. The molecule has 0 saturated carbocycles. The first-order valence-corrected chi connectivity index (χ1v) is 7.10. The average Bonchev–Trinajstić information content (AvgIpc) is 2.85. The van der Waals surface area contributed by atoms with E-state index in [1.807, 2.05) is 0 Å². The van der Waals surface area contributed by atoms with Gasteiger partial charge in [-0.1, -0.05) is 12.1 Å². The standard InChI is InChI=1S/C16H24N2O2/c1-12-6-5-7-13(10-12)18-9-8-14(11-18)17(4)15(19)16(2,3)20/h5-7,10,14,20H,8-9,11H2,1-4H3. The molecule has 1 heterocycles. The number of hydrogen-bond acceptors (Lipinski definition) is 3. The van der Waals surface area contributed by atoms with E-state index in [-0.39, 0.29) is 11.9 Å². The number of amides is 1. The van der Waals surface area contributed by atoms with Gasteiger partial charge in [-0.2, -0.15) is 0 Å². The van der Waals surface area contributed by atoms with E-state index in [1.165, 1.54) is 11.3 Å². The Morgan fingerprint density at radius 3 is 2.75 bits per heavy atom. The molecule has 1 aromatic rings. The van der Waals surface area contributed by atoms with E-state index in [2.05, 4.69) is 36.1 Å². The Balaban J connectivity index is 2.04. The lowest BCUT2D eigenvalue weighted by atomic mass is 10.1. The number of carbonyl (C=O) groups is 1. The highest BCUT2D eigenvalue weighted by Gasteiger charge is 2.34. The fourth-order valence-corrected chi connectivity index (χ4v) is 2.71. The highest BCUT2D eigenvalue weighted by atomic mass is 16.3. The predicted molar refractivity (Wildman–Crippen MR) is 80.9 cm³/mol. The van der Waals surface area contributed by atoms with Crippen LogP contribution in [0.15, 0.2) is 24.3 Å². The van der Waals surface area contributed by atoms with Crippen LogP contribution >= 0.6 is 0 Å². The summed E-state index contributed by atoms with van der Waals surface area (Å²) in [5.41, 5.74) is 1.15. The molecular weight excluding hydrogens is 252 g/mol. The van der Waals surface area contributed by atoms with Gasteiger partial charge in [0.1, 0.15) is 5.60 Å². The van der Waals surface area contributed by atoms with Gasteiger partial charge in [0.2, 0.25) is 0 Å². The first-order chi connectivity index (χ1) is 9.29. The third-order valence-electron chi connectivity index (χ3n) is 3.92. The fraction of sp³-hybridized carbons (Fsp3) is 0.562. The van der Waals surface area contributed by atoms with E-state index in [0.29, 0.717) is 0 Å². The Morgan fingerprint density at radius 1 is 1.45 bits per heavy atom. The Labute approximate surface area is 121 Å². The van der Waals surface area contributed by atoms with Crippen molar-refractivity contribution < 1.29 is 9.90 Å². The monoisotopic (exact) mass is 276 g/mol. The van der Waals surface area contributed by atoms with Gasteiger partial charge in [-0.3, -0.25) is 4.79 Å². The Bertz CT molecular complexity index is 493. The largest absolute Gasteiger partial charge is 0.381 e. The molecule has 0 radical (unpaired) electrons. The zero-order valence-electron chi connectivity index (χ0n) is 12.8. The van der Waals surface area contributed by atoms with Crippen molar-refractivity contribution in [1.29, 1.82) is 0 Å². The van der Waals surface area contributed by atoms with Gasteiger partial charge in [-0.25, -0.2) is 0 Å². The van der Waals surface area contributed by atoms with E-state index < -0.39 is 5.60 Å². The summed E-state index contributed by atoms with van der Waals surface area (Å²) in [6.45, 7) is 6.93. The maximum Gasteiger partial charge on any atom is 0.254 e. The molecule has 2 rings (SSSR count). The van der Waals surface area contributed by atoms with Crippen molar-refractivity contribution >= 4 is 11.6 Å². The van der Waals surface area contributed by atoms with Crippen molar-refractivity contribution in [1.82, 2.24) is 4.90 Å². The average molecular weight is 276 g/mol. The van der Waals surface area contributed by atoms with Gasteiger partial charge in [0.05, 0.1) is 6.04 Å². The highest BCUT2D eigenvalue weighted by molar-refractivity contribution is 5.84. The number of rotatable bonds is 3. The molecule has 1 unspecified atom stereocenters. The molecule has 1 aromatic carbocycles. The summed E-state index contributed by atoms with van der Waals surface area (Å²) in [4.78, 5) is 16.1. The SMILES string of the molecule is Cc1cccc(N2CCC(N(C)C(=O)C(C)(C)O)C2)c1. The van der Waals surface area contributed by atoms with Gasteiger partial charge in [-0.05, 0) is 44.9 Å². The highest BCUT2D eigenvalue weighted by Crippen LogP contribution is 2.24. The molecule has 1 atom stereocenters. The van der Waals surface area contributed by atoms with Gasteiger partial charge >= 0.3 is 0 Å². The van der Waals surface area contributed by atoms with Crippen LogP contribution in [0, 0.1) is 6.92 Å². The molecular formula is C16H24N2O2. The van der Waals surface area contributed by atoms with Gasteiger partial charge in [0.15, 0.2) is 0 Å². The van der Waals surface area contributed by atoms with Crippen LogP contribution in [0.5, 0.6) is 0 Å². The first kappa shape index (κ1) is 14.9. The van der Waals surface area contributed by atoms with Crippen LogP contribution in [0.3, 0.4) is 0 Å². The molecule has 1 aliphatic heterocycles. The summed E-state index contributed by atoms with van der Waals surface area (Å²) in [6.07, 6.45) is 0.937. The molecule has 1 aliphatic rings. The fourth-order valence-electron chi connectivity index (χ4n) is 2.71. The molecule has 1 amide bonds. The van der Waals surface area contributed by atoms with E-state index in [1.54, 1.807) is 25.8 Å². The lowest BCUT2D eigenvalue weighted by Crippen LogP contribution is -2.48. The smallest absolute Gasteiger partial charge is 0.254 e. The first-order valence-electron chi connectivity index (χ1n) is 7.10. The molecule has 1 N–H and O–H groups in total. The van der Waals surface area contributed by atoms with E-state index in [0.717, 1.165) is 19.5 Å². The number of hydrogen-bond donors (Lipinski definition) is 1. The summed E-state index contributed by atoms with van der Waals surface area (Å²) >= 11 is 0.